The number of nitriles is 1. The van der Waals surface area contributed by atoms with E-state index in [4.69, 9.17) is 5.73 Å². The number of rotatable bonds is 5. The van der Waals surface area contributed by atoms with Crippen LogP contribution in [0.1, 0.15) is 22.7 Å². The van der Waals surface area contributed by atoms with Gasteiger partial charge in [0.05, 0.1) is 23.3 Å². The van der Waals surface area contributed by atoms with E-state index >= 15 is 0 Å². The first-order valence-electron chi connectivity index (χ1n) is 7.55. The second-order valence-corrected chi connectivity index (χ2v) is 5.52. The monoisotopic (exact) mass is 333 g/mol. The van der Waals surface area contributed by atoms with E-state index in [1.54, 1.807) is 47.3 Å². The summed E-state index contributed by atoms with van der Waals surface area (Å²) >= 11 is 0. The van der Waals surface area contributed by atoms with Crippen molar-refractivity contribution in [3.05, 3.63) is 71.9 Å². The number of pyridine rings is 1. The van der Waals surface area contributed by atoms with Gasteiger partial charge in [0.1, 0.15) is 17.8 Å². The third-order valence-electron chi connectivity index (χ3n) is 3.85. The summed E-state index contributed by atoms with van der Waals surface area (Å²) in [7, 11) is 0. The molecule has 7 nitrogen and oxygen atoms in total. The van der Waals surface area contributed by atoms with Gasteiger partial charge in [-0.05, 0) is 30.2 Å². The number of nitrogens with two attached hydrogens (primary N) is 1. The smallest absolute Gasteiger partial charge is 0.312 e. The maximum absolute atomic E-state index is 11.7. The molecule has 3 rings (SSSR count). The number of aliphatic carboxylic acids is 1. The van der Waals surface area contributed by atoms with E-state index in [0.717, 1.165) is 5.56 Å². The molecule has 2 heterocycles. The standard InChI is InChI=1S/C18H15N5O2/c19-8-13-3-1-2-4-16(13)23-10-15(22-11-23)14(18(24)25)7-12-5-6-17(20)21-9-12/h1-6,9-11,14H,7H2,(H2,20,21)(H,24,25). The van der Waals surface area contributed by atoms with Crippen molar-refractivity contribution >= 4 is 11.8 Å². The Bertz CT molecular complexity index is 941. The molecule has 0 spiro atoms. The normalized spacial score (nSPS) is 11.6. The largest absolute Gasteiger partial charge is 0.481 e. The lowest BCUT2D eigenvalue weighted by Crippen LogP contribution is -2.15. The van der Waals surface area contributed by atoms with Gasteiger partial charge in [0.25, 0.3) is 0 Å². The third-order valence-corrected chi connectivity index (χ3v) is 3.85. The fraction of sp³-hybridized carbons (Fsp3) is 0.111. The Morgan fingerprint density at radius 3 is 2.76 bits per heavy atom. The maximum atomic E-state index is 11.7. The van der Waals surface area contributed by atoms with Gasteiger partial charge in [-0.1, -0.05) is 18.2 Å². The number of carboxylic acids is 1. The summed E-state index contributed by atoms with van der Waals surface area (Å²) in [6.07, 6.45) is 4.97. The molecule has 3 N–H and O–H groups in total. The van der Waals surface area contributed by atoms with Crippen LogP contribution in [0.5, 0.6) is 0 Å². The maximum Gasteiger partial charge on any atom is 0.312 e. The molecule has 1 atom stereocenters. The zero-order valence-corrected chi connectivity index (χ0v) is 13.2. The Morgan fingerprint density at radius 2 is 2.08 bits per heavy atom. The SMILES string of the molecule is N#Cc1ccccc1-n1cnc(C(Cc2ccc(N)nc2)C(=O)O)c1. The van der Waals surface area contributed by atoms with Crippen molar-refractivity contribution in [3.63, 3.8) is 0 Å². The number of nitrogen functional groups attached to an aromatic ring is 1. The molecule has 2 aromatic heterocycles. The van der Waals surface area contributed by atoms with Gasteiger partial charge >= 0.3 is 5.97 Å². The van der Waals surface area contributed by atoms with Gasteiger partial charge in [-0.15, -0.1) is 0 Å². The highest BCUT2D eigenvalue weighted by molar-refractivity contribution is 5.75. The molecule has 0 fully saturated rings. The molecule has 0 saturated carbocycles. The summed E-state index contributed by atoms with van der Waals surface area (Å²) in [4.78, 5) is 19.9. The van der Waals surface area contributed by atoms with Crippen molar-refractivity contribution < 1.29 is 9.90 Å². The quantitative estimate of drug-likeness (QED) is 0.738. The molecular weight excluding hydrogens is 318 g/mol. The zero-order valence-electron chi connectivity index (χ0n) is 13.2. The summed E-state index contributed by atoms with van der Waals surface area (Å²) in [5.41, 5.74) is 7.87. The third kappa shape index (κ3) is 3.48. The van der Waals surface area contributed by atoms with Crippen molar-refractivity contribution in [2.75, 3.05) is 5.73 Å². The lowest BCUT2D eigenvalue weighted by Gasteiger charge is -2.10. The van der Waals surface area contributed by atoms with Crippen molar-refractivity contribution in [3.8, 4) is 11.8 Å². The van der Waals surface area contributed by atoms with Crippen LogP contribution in [0.25, 0.3) is 5.69 Å². The lowest BCUT2D eigenvalue weighted by atomic mass is 9.98. The Balaban J connectivity index is 1.91. The Labute approximate surface area is 144 Å². The average molecular weight is 333 g/mol. The first-order valence-corrected chi connectivity index (χ1v) is 7.55. The fourth-order valence-corrected chi connectivity index (χ4v) is 2.55. The van der Waals surface area contributed by atoms with E-state index < -0.39 is 11.9 Å². The van der Waals surface area contributed by atoms with Gasteiger partial charge in [-0.25, -0.2) is 9.97 Å². The summed E-state index contributed by atoms with van der Waals surface area (Å²) in [5, 5.41) is 18.8. The van der Waals surface area contributed by atoms with Crippen LogP contribution in [0, 0.1) is 11.3 Å². The van der Waals surface area contributed by atoms with Crippen LogP contribution >= 0.6 is 0 Å². The van der Waals surface area contributed by atoms with Crippen molar-refractivity contribution in [1.29, 1.82) is 5.26 Å². The van der Waals surface area contributed by atoms with Crippen molar-refractivity contribution in [1.82, 2.24) is 14.5 Å². The van der Waals surface area contributed by atoms with Crippen LogP contribution < -0.4 is 5.73 Å². The summed E-state index contributed by atoms with van der Waals surface area (Å²) in [5.74, 6) is -1.41. The van der Waals surface area contributed by atoms with E-state index in [1.807, 2.05) is 6.07 Å². The number of carbonyl (C=O) groups is 1. The van der Waals surface area contributed by atoms with Gasteiger partial charge in [0.15, 0.2) is 0 Å². The van der Waals surface area contributed by atoms with Crippen LogP contribution in [-0.4, -0.2) is 25.6 Å². The summed E-state index contributed by atoms with van der Waals surface area (Å²) in [6.45, 7) is 0. The number of hydrogen-bond acceptors (Lipinski definition) is 5. The van der Waals surface area contributed by atoms with Gasteiger partial charge in [-0.3, -0.25) is 4.79 Å². The molecule has 0 radical (unpaired) electrons. The van der Waals surface area contributed by atoms with Crippen LogP contribution in [0.4, 0.5) is 5.82 Å². The van der Waals surface area contributed by atoms with E-state index in [0.29, 0.717) is 22.8 Å². The van der Waals surface area contributed by atoms with Crippen molar-refractivity contribution in [2.24, 2.45) is 0 Å². The molecular formula is C18H15N5O2. The molecule has 1 aromatic carbocycles. The molecule has 0 aliphatic heterocycles. The van der Waals surface area contributed by atoms with E-state index in [9.17, 15) is 15.2 Å². The zero-order chi connectivity index (χ0) is 17.8. The molecule has 0 saturated heterocycles. The number of carboxylic acid groups (broad SMARTS) is 1. The van der Waals surface area contributed by atoms with Crippen LogP contribution in [0.3, 0.4) is 0 Å². The summed E-state index contributed by atoms with van der Waals surface area (Å²) < 4.78 is 1.66. The van der Waals surface area contributed by atoms with Crippen LogP contribution in [0.15, 0.2) is 55.1 Å². The predicted molar refractivity (Wildman–Crippen MR) is 91.0 cm³/mol. The van der Waals surface area contributed by atoms with Crippen molar-refractivity contribution in [2.45, 2.75) is 12.3 Å². The number of benzene rings is 1. The van der Waals surface area contributed by atoms with E-state index in [2.05, 4.69) is 16.0 Å². The first kappa shape index (κ1) is 16.2. The number of aromatic nitrogens is 3. The molecule has 0 amide bonds. The predicted octanol–water partition coefficient (Wildman–Crippen LogP) is 2.13. The van der Waals surface area contributed by atoms with Crippen LogP contribution in [0.2, 0.25) is 0 Å². The lowest BCUT2D eigenvalue weighted by molar-refractivity contribution is -0.138. The molecule has 0 aliphatic carbocycles. The number of hydrogen-bond donors (Lipinski definition) is 2. The Hall–Kier alpha value is -3.66. The second kappa shape index (κ2) is 6.84. The highest BCUT2D eigenvalue weighted by Crippen LogP contribution is 2.22. The molecule has 0 bridgehead atoms. The highest BCUT2D eigenvalue weighted by atomic mass is 16.4. The number of anilines is 1. The second-order valence-electron chi connectivity index (χ2n) is 5.52. The van der Waals surface area contributed by atoms with Gasteiger partial charge in [0.2, 0.25) is 0 Å². The fourth-order valence-electron chi connectivity index (χ4n) is 2.55. The van der Waals surface area contributed by atoms with Gasteiger partial charge < -0.3 is 15.4 Å². The van der Waals surface area contributed by atoms with Crippen LogP contribution in [-0.2, 0) is 11.2 Å². The first-order chi connectivity index (χ1) is 12.1. The minimum Gasteiger partial charge on any atom is -0.481 e. The topological polar surface area (TPSA) is 118 Å². The molecule has 3 aromatic rings. The van der Waals surface area contributed by atoms with E-state index in [-0.39, 0.29) is 6.42 Å². The molecule has 1 unspecified atom stereocenters. The summed E-state index contributed by atoms with van der Waals surface area (Å²) in [6, 6.07) is 12.6. The minimum atomic E-state index is -0.976. The molecule has 124 valence electrons. The van der Waals surface area contributed by atoms with E-state index in [1.165, 1.54) is 6.33 Å². The van der Waals surface area contributed by atoms with Gasteiger partial charge in [0, 0.05) is 12.4 Å². The minimum absolute atomic E-state index is 0.250. The molecule has 0 aliphatic rings. The van der Waals surface area contributed by atoms with Gasteiger partial charge in [-0.2, -0.15) is 5.26 Å². The highest BCUT2D eigenvalue weighted by Gasteiger charge is 2.23. The Morgan fingerprint density at radius 1 is 1.28 bits per heavy atom. The number of para-hydroxylation sites is 1. The number of imidazole rings is 1. The Kier molecular flexibility index (Phi) is 4.44. The molecule has 25 heavy (non-hydrogen) atoms. The average Bonchev–Trinajstić information content (AvgIpc) is 3.10. The number of nitrogens with zero attached hydrogens (tertiary/aromatic N) is 4. The molecule has 7 heteroatoms.